The second-order valence-electron chi connectivity index (χ2n) is 6.01. The van der Waals surface area contributed by atoms with Gasteiger partial charge in [-0.2, -0.15) is 0 Å². The van der Waals surface area contributed by atoms with Crippen LogP contribution >= 0.6 is 0 Å². The minimum Gasteiger partial charge on any atom is -0.496 e. The van der Waals surface area contributed by atoms with Crippen molar-refractivity contribution >= 4 is 5.91 Å². The summed E-state index contributed by atoms with van der Waals surface area (Å²) < 4.78 is 5.34. The monoisotopic (exact) mass is 290 g/mol. The van der Waals surface area contributed by atoms with Crippen molar-refractivity contribution in [2.75, 3.05) is 34.3 Å². The van der Waals surface area contributed by atoms with Gasteiger partial charge >= 0.3 is 0 Å². The van der Waals surface area contributed by atoms with Crippen molar-refractivity contribution in [2.24, 2.45) is 5.92 Å². The zero-order chi connectivity index (χ0) is 15.2. The average Bonchev–Trinajstić information content (AvgIpc) is 2.50. The summed E-state index contributed by atoms with van der Waals surface area (Å²) in [4.78, 5) is 16.5. The van der Waals surface area contributed by atoms with E-state index in [1.165, 1.54) is 0 Å². The van der Waals surface area contributed by atoms with Crippen molar-refractivity contribution in [2.45, 2.75) is 25.8 Å². The number of hydrogen-bond donors (Lipinski definition) is 0. The minimum absolute atomic E-state index is 0.232. The van der Waals surface area contributed by atoms with Gasteiger partial charge in [-0.15, -0.1) is 0 Å². The molecule has 116 valence electrons. The average molecular weight is 290 g/mol. The number of carbonyl (C=O) groups is 1. The Balaban J connectivity index is 1.87. The van der Waals surface area contributed by atoms with Crippen LogP contribution in [0.4, 0.5) is 0 Å². The van der Waals surface area contributed by atoms with E-state index in [1.54, 1.807) is 7.11 Å². The summed E-state index contributed by atoms with van der Waals surface area (Å²) in [6, 6.07) is 7.87. The van der Waals surface area contributed by atoms with Crippen molar-refractivity contribution in [1.29, 1.82) is 0 Å². The number of carbonyl (C=O) groups excluding carboxylic acids is 1. The predicted octanol–water partition coefficient (Wildman–Crippen LogP) is 2.39. The van der Waals surface area contributed by atoms with Gasteiger partial charge in [0, 0.05) is 25.6 Å². The van der Waals surface area contributed by atoms with Crippen LogP contribution in [0.15, 0.2) is 24.3 Å². The summed E-state index contributed by atoms with van der Waals surface area (Å²) in [7, 11) is 5.69. The Labute approximate surface area is 127 Å². The fourth-order valence-corrected chi connectivity index (χ4v) is 2.85. The smallest absolute Gasteiger partial charge is 0.222 e. The first-order chi connectivity index (χ1) is 10.1. The molecule has 0 radical (unpaired) electrons. The lowest BCUT2D eigenvalue weighted by Gasteiger charge is -2.29. The van der Waals surface area contributed by atoms with E-state index in [-0.39, 0.29) is 5.91 Å². The van der Waals surface area contributed by atoms with E-state index in [0.717, 1.165) is 37.2 Å². The third-order valence-corrected chi connectivity index (χ3v) is 4.33. The quantitative estimate of drug-likeness (QED) is 0.835. The Bertz CT molecular complexity index is 468. The first kappa shape index (κ1) is 15.8. The second kappa shape index (κ2) is 7.46. The topological polar surface area (TPSA) is 32.8 Å². The molecule has 0 aromatic heterocycles. The summed E-state index contributed by atoms with van der Waals surface area (Å²) in [5.74, 6) is 1.61. The van der Waals surface area contributed by atoms with Gasteiger partial charge in [0.25, 0.3) is 0 Å². The zero-order valence-electron chi connectivity index (χ0n) is 13.3. The molecular weight excluding hydrogens is 264 g/mol. The molecule has 0 saturated carbocycles. The van der Waals surface area contributed by atoms with Gasteiger partial charge in [0.2, 0.25) is 5.91 Å². The van der Waals surface area contributed by atoms with Gasteiger partial charge in [0.1, 0.15) is 5.75 Å². The Morgan fingerprint density at radius 1 is 1.33 bits per heavy atom. The lowest BCUT2D eigenvalue weighted by molar-refractivity contribution is -0.131. The van der Waals surface area contributed by atoms with Crippen molar-refractivity contribution in [3.05, 3.63) is 29.8 Å². The molecule has 1 saturated heterocycles. The van der Waals surface area contributed by atoms with Gasteiger partial charge in [-0.05, 0) is 45.0 Å². The molecule has 1 aliphatic rings. The van der Waals surface area contributed by atoms with Crippen molar-refractivity contribution < 1.29 is 9.53 Å². The highest BCUT2D eigenvalue weighted by Gasteiger charge is 2.21. The highest BCUT2D eigenvalue weighted by Crippen LogP contribution is 2.22. The van der Waals surface area contributed by atoms with Crippen LogP contribution in [0.2, 0.25) is 0 Å². The summed E-state index contributed by atoms with van der Waals surface area (Å²) in [6.07, 6.45) is 2.93. The summed E-state index contributed by atoms with van der Waals surface area (Å²) >= 11 is 0. The molecule has 2 rings (SSSR count). The molecule has 0 unspecified atom stereocenters. The maximum Gasteiger partial charge on any atom is 0.222 e. The molecular formula is C17H26N2O2. The van der Waals surface area contributed by atoms with Crippen LogP contribution in [-0.4, -0.2) is 50.0 Å². The number of amides is 1. The number of likely N-dealkylation sites (tertiary alicyclic amines) is 1. The van der Waals surface area contributed by atoms with E-state index in [1.807, 2.05) is 36.2 Å². The van der Waals surface area contributed by atoms with Crippen LogP contribution in [0.25, 0.3) is 0 Å². The molecule has 0 atom stereocenters. The summed E-state index contributed by atoms with van der Waals surface area (Å²) in [5, 5.41) is 0. The highest BCUT2D eigenvalue weighted by molar-refractivity contribution is 5.76. The summed E-state index contributed by atoms with van der Waals surface area (Å²) in [6.45, 7) is 2.82. The highest BCUT2D eigenvalue weighted by atomic mass is 16.5. The van der Waals surface area contributed by atoms with Gasteiger partial charge in [0.05, 0.1) is 7.11 Å². The number of ether oxygens (including phenoxy) is 1. The van der Waals surface area contributed by atoms with Crippen molar-refractivity contribution in [3.8, 4) is 5.75 Å². The van der Waals surface area contributed by atoms with Gasteiger partial charge in [-0.25, -0.2) is 0 Å². The largest absolute Gasteiger partial charge is 0.496 e. The van der Waals surface area contributed by atoms with E-state index >= 15 is 0 Å². The van der Waals surface area contributed by atoms with E-state index in [4.69, 9.17) is 4.74 Å². The van der Waals surface area contributed by atoms with Crippen LogP contribution in [0.5, 0.6) is 5.75 Å². The van der Waals surface area contributed by atoms with Gasteiger partial charge in [0.15, 0.2) is 0 Å². The molecule has 4 nitrogen and oxygen atoms in total. The van der Waals surface area contributed by atoms with Gasteiger partial charge in [-0.3, -0.25) is 4.79 Å². The number of benzene rings is 1. The SMILES string of the molecule is COc1ccccc1CN(C)C(=O)CC1CCN(C)CC1. The standard InChI is InChI=1S/C17H26N2O2/c1-18-10-8-14(9-11-18)12-17(20)19(2)13-15-6-4-5-7-16(15)21-3/h4-7,14H,8-13H2,1-3H3. The maximum atomic E-state index is 12.4. The molecule has 1 fully saturated rings. The molecule has 1 aromatic rings. The fraction of sp³-hybridized carbons (Fsp3) is 0.588. The first-order valence-corrected chi connectivity index (χ1v) is 7.64. The third-order valence-electron chi connectivity index (χ3n) is 4.33. The molecule has 4 heteroatoms. The van der Waals surface area contributed by atoms with E-state index in [9.17, 15) is 4.79 Å². The molecule has 1 heterocycles. The van der Waals surface area contributed by atoms with E-state index in [0.29, 0.717) is 18.9 Å². The first-order valence-electron chi connectivity index (χ1n) is 7.64. The van der Waals surface area contributed by atoms with Crippen LogP contribution in [0, 0.1) is 5.92 Å². The normalized spacial score (nSPS) is 16.7. The third kappa shape index (κ3) is 4.46. The minimum atomic E-state index is 0.232. The van der Waals surface area contributed by atoms with E-state index in [2.05, 4.69) is 11.9 Å². The Kier molecular flexibility index (Phi) is 5.62. The fourth-order valence-electron chi connectivity index (χ4n) is 2.85. The number of methoxy groups -OCH3 is 1. The molecule has 0 bridgehead atoms. The number of hydrogen-bond acceptors (Lipinski definition) is 3. The summed E-state index contributed by atoms with van der Waals surface area (Å²) in [5.41, 5.74) is 1.05. The van der Waals surface area contributed by atoms with Gasteiger partial charge in [-0.1, -0.05) is 18.2 Å². The molecule has 0 spiro atoms. The van der Waals surface area contributed by atoms with E-state index < -0.39 is 0 Å². The zero-order valence-corrected chi connectivity index (χ0v) is 13.3. The molecule has 0 N–H and O–H groups in total. The van der Waals surface area contributed by atoms with Gasteiger partial charge < -0.3 is 14.5 Å². The lowest BCUT2D eigenvalue weighted by Crippen LogP contribution is -2.34. The van der Waals surface area contributed by atoms with Crippen LogP contribution in [0.1, 0.15) is 24.8 Å². The molecule has 1 aliphatic heterocycles. The number of rotatable bonds is 5. The molecule has 1 amide bonds. The van der Waals surface area contributed by atoms with Crippen LogP contribution in [-0.2, 0) is 11.3 Å². The molecule has 0 aliphatic carbocycles. The Morgan fingerprint density at radius 2 is 2.00 bits per heavy atom. The van der Waals surface area contributed by atoms with Crippen molar-refractivity contribution in [1.82, 2.24) is 9.80 Å². The number of piperidine rings is 1. The number of para-hydroxylation sites is 1. The number of nitrogens with zero attached hydrogens (tertiary/aromatic N) is 2. The van der Waals surface area contributed by atoms with Crippen LogP contribution in [0.3, 0.4) is 0 Å². The molecule has 21 heavy (non-hydrogen) atoms. The van der Waals surface area contributed by atoms with Crippen LogP contribution < -0.4 is 4.74 Å². The Morgan fingerprint density at radius 3 is 2.67 bits per heavy atom. The second-order valence-corrected chi connectivity index (χ2v) is 6.01. The lowest BCUT2D eigenvalue weighted by atomic mass is 9.93. The molecule has 1 aromatic carbocycles. The predicted molar refractivity (Wildman–Crippen MR) is 84.3 cm³/mol. The maximum absolute atomic E-state index is 12.4. The van der Waals surface area contributed by atoms with Crippen molar-refractivity contribution in [3.63, 3.8) is 0 Å². The Hall–Kier alpha value is -1.55.